The molecule has 0 saturated heterocycles. The number of hydrogen-bond donors (Lipinski definition) is 2. The van der Waals surface area contributed by atoms with Crippen LogP contribution < -0.4 is 5.32 Å². The second-order valence-corrected chi connectivity index (χ2v) is 5.37. The van der Waals surface area contributed by atoms with Crippen molar-refractivity contribution in [2.24, 2.45) is 11.8 Å². The number of aryl methyl sites for hydroxylation is 1. The highest BCUT2D eigenvalue weighted by Crippen LogP contribution is 2.28. The van der Waals surface area contributed by atoms with Crippen LogP contribution >= 0.6 is 0 Å². The minimum atomic E-state index is -0.744. The zero-order valence-electron chi connectivity index (χ0n) is 12.3. The molecule has 3 heteroatoms. The van der Waals surface area contributed by atoms with Crippen LogP contribution in [0.15, 0.2) is 24.3 Å². The van der Waals surface area contributed by atoms with Gasteiger partial charge in [0.1, 0.15) is 0 Å². The first-order valence-corrected chi connectivity index (χ1v) is 7.00. The van der Waals surface area contributed by atoms with Crippen molar-refractivity contribution in [2.75, 3.05) is 7.05 Å². The third-order valence-electron chi connectivity index (χ3n) is 3.55. The van der Waals surface area contributed by atoms with Gasteiger partial charge in [0.05, 0.1) is 5.92 Å². The third-order valence-corrected chi connectivity index (χ3v) is 3.55. The first-order valence-electron chi connectivity index (χ1n) is 7.00. The Morgan fingerprint density at radius 3 is 2.21 bits per heavy atom. The van der Waals surface area contributed by atoms with E-state index in [0.29, 0.717) is 0 Å². The standard InChI is InChI=1S/C16H25NO2/c1-5-6-12-7-9-13(10-8-12)15(17-4)14(11(2)3)16(18)19/h7-11,14-15,17H,5-6H2,1-4H3,(H,18,19). The lowest BCUT2D eigenvalue weighted by Crippen LogP contribution is -2.34. The summed E-state index contributed by atoms with van der Waals surface area (Å²) in [6.45, 7) is 6.06. The summed E-state index contributed by atoms with van der Waals surface area (Å²) in [7, 11) is 1.82. The molecule has 2 atom stereocenters. The number of carboxylic acids is 1. The molecule has 0 aliphatic carbocycles. The van der Waals surface area contributed by atoms with Crippen LogP contribution in [0.25, 0.3) is 0 Å². The van der Waals surface area contributed by atoms with Crippen molar-refractivity contribution in [1.29, 1.82) is 0 Å². The van der Waals surface area contributed by atoms with E-state index < -0.39 is 11.9 Å². The van der Waals surface area contributed by atoms with Crippen molar-refractivity contribution in [3.8, 4) is 0 Å². The summed E-state index contributed by atoms with van der Waals surface area (Å²) >= 11 is 0. The molecule has 0 aromatic heterocycles. The molecule has 0 amide bonds. The number of hydrogen-bond acceptors (Lipinski definition) is 2. The molecule has 0 fully saturated rings. The molecule has 2 N–H and O–H groups in total. The van der Waals surface area contributed by atoms with Gasteiger partial charge < -0.3 is 10.4 Å². The summed E-state index contributed by atoms with van der Waals surface area (Å²) in [6, 6.07) is 8.15. The van der Waals surface area contributed by atoms with Gasteiger partial charge in [0.2, 0.25) is 0 Å². The van der Waals surface area contributed by atoms with Crippen LogP contribution in [0, 0.1) is 11.8 Å². The average Bonchev–Trinajstić information content (AvgIpc) is 2.36. The van der Waals surface area contributed by atoms with E-state index >= 15 is 0 Å². The van der Waals surface area contributed by atoms with E-state index in [-0.39, 0.29) is 12.0 Å². The Balaban J connectivity index is 2.98. The summed E-state index contributed by atoms with van der Waals surface area (Å²) < 4.78 is 0. The molecule has 0 aliphatic heterocycles. The maximum absolute atomic E-state index is 11.4. The molecule has 1 aromatic rings. The topological polar surface area (TPSA) is 49.3 Å². The Morgan fingerprint density at radius 1 is 1.26 bits per heavy atom. The predicted molar refractivity (Wildman–Crippen MR) is 78.2 cm³/mol. The van der Waals surface area contributed by atoms with Crippen LogP contribution in [0.3, 0.4) is 0 Å². The Morgan fingerprint density at radius 2 is 1.84 bits per heavy atom. The molecule has 19 heavy (non-hydrogen) atoms. The summed E-state index contributed by atoms with van der Waals surface area (Å²) in [4.78, 5) is 11.4. The number of nitrogens with one attached hydrogen (secondary N) is 1. The molecule has 0 heterocycles. The molecule has 1 rings (SSSR count). The van der Waals surface area contributed by atoms with Gasteiger partial charge in [-0.15, -0.1) is 0 Å². The van der Waals surface area contributed by atoms with Crippen LogP contribution in [0.2, 0.25) is 0 Å². The maximum atomic E-state index is 11.4. The molecule has 1 aromatic carbocycles. The van der Waals surface area contributed by atoms with Gasteiger partial charge in [-0.1, -0.05) is 51.5 Å². The van der Waals surface area contributed by atoms with E-state index in [1.165, 1.54) is 5.56 Å². The van der Waals surface area contributed by atoms with Gasteiger partial charge in [-0.2, -0.15) is 0 Å². The van der Waals surface area contributed by atoms with Gasteiger partial charge in [0.15, 0.2) is 0 Å². The monoisotopic (exact) mass is 263 g/mol. The largest absolute Gasteiger partial charge is 0.481 e. The van der Waals surface area contributed by atoms with E-state index in [4.69, 9.17) is 0 Å². The number of carbonyl (C=O) groups is 1. The fourth-order valence-corrected chi connectivity index (χ4v) is 2.55. The lowest BCUT2D eigenvalue weighted by atomic mass is 9.84. The van der Waals surface area contributed by atoms with E-state index in [1.807, 2.05) is 33.0 Å². The molecule has 0 aliphatic rings. The fourth-order valence-electron chi connectivity index (χ4n) is 2.55. The van der Waals surface area contributed by atoms with Gasteiger partial charge in [0.25, 0.3) is 0 Å². The van der Waals surface area contributed by atoms with Crippen molar-refractivity contribution in [2.45, 2.75) is 39.7 Å². The highest BCUT2D eigenvalue weighted by molar-refractivity contribution is 5.71. The maximum Gasteiger partial charge on any atom is 0.308 e. The number of benzene rings is 1. The summed E-state index contributed by atoms with van der Waals surface area (Å²) in [6.07, 6.45) is 2.19. The lowest BCUT2D eigenvalue weighted by Gasteiger charge is -2.27. The minimum absolute atomic E-state index is 0.0882. The smallest absolute Gasteiger partial charge is 0.308 e. The molecule has 0 spiro atoms. The Bertz CT molecular complexity index is 398. The average molecular weight is 263 g/mol. The second-order valence-electron chi connectivity index (χ2n) is 5.37. The van der Waals surface area contributed by atoms with Crippen molar-refractivity contribution in [3.05, 3.63) is 35.4 Å². The van der Waals surface area contributed by atoms with Crippen molar-refractivity contribution in [1.82, 2.24) is 5.32 Å². The van der Waals surface area contributed by atoms with Crippen LogP contribution in [-0.2, 0) is 11.2 Å². The Kier molecular flexibility index (Phi) is 6.03. The predicted octanol–water partition coefficient (Wildman–Crippen LogP) is 3.26. The van der Waals surface area contributed by atoms with Gasteiger partial charge in [0, 0.05) is 6.04 Å². The SMILES string of the molecule is CCCc1ccc(C(NC)C(C(=O)O)C(C)C)cc1. The lowest BCUT2D eigenvalue weighted by molar-refractivity contribution is -0.144. The first-order chi connectivity index (χ1) is 9.01. The third kappa shape index (κ3) is 4.06. The number of rotatable bonds is 7. The van der Waals surface area contributed by atoms with Crippen molar-refractivity contribution >= 4 is 5.97 Å². The van der Waals surface area contributed by atoms with E-state index in [0.717, 1.165) is 18.4 Å². The summed E-state index contributed by atoms with van der Waals surface area (Å²) in [5.41, 5.74) is 2.35. The zero-order chi connectivity index (χ0) is 14.4. The van der Waals surface area contributed by atoms with E-state index in [2.05, 4.69) is 24.4 Å². The van der Waals surface area contributed by atoms with E-state index in [1.54, 1.807) is 0 Å². The molecule has 106 valence electrons. The van der Waals surface area contributed by atoms with Gasteiger partial charge in [-0.25, -0.2) is 0 Å². The molecular weight excluding hydrogens is 238 g/mol. The van der Waals surface area contributed by atoms with Crippen molar-refractivity contribution in [3.63, 3.8) is 0 Å². The first kappa shape index (κ1) is 15.7. The summed E-state index contributed by atoms with van der Waals surface area (Å²) in [5.74, 6) is -1.07. The summed E-state index contributed by atoms with van der Waals surface area (Å²) in [5, 5.41) is 12.6. The number of aliphatic carboxylic acids is 1. The zero-order valence-corrected chi connectivity index (χ0v) is 12.3. The fraction of sp³-hybridized carbons (Fsp3) is 0.562. The normalized spacial score (nSPS) is 14.4. The van der Waals surface area contributed by atoms with Gasteiger partial charge >= 0.3 is 5.97 Å². The van der Waals surface area contributed by atoms with Crippen LogP contribution in [0.5, 0.6) is 0 Å². The van der Waals surface area contributed by atoms with Crippen LogP contribution in [0.1, 0.15) is 44.4 Å². The van der Waals surface area contributed by atoms with Crippen LogP contribution in [0.4, 0.5) is 0 Å². The molecule has 0 radical (unpaired) electrons. The molecular formula is C16H25NO2. The molecule has 3 nitrogen and oxygen atoms in total. The van der Waals surface area contributed by atoms with Crippen molar-refractivity contribution < 1.29 is 9.90 Å². The molecule has 0 bridgehead atoms. The highest BCUT2D eigenvalue weighted by Gasteiger charge is 2.30. The molecule has 0 saturated carbocycles. The minimum Gasteiger partial charge on any atom is -0.481 e. The Labute approximate surface area is 116 Å². The van der Waals surface area contributed by atoms with E-state index in [9.17, 15) is 9.90 Å². The number of carboxylic acid groups (broad SMARTS) is 1. The van der Waals surface area contributed by atoms with Crippen LogP contribution in [-0.4, -0.2) is 18.1 Å². The quantitative estimate of drug-likeness (QED) is 0.794. The Hall–Kier alpha value is -1.35. The van der Waals surface area contributed by atoms with Gasteiger partial charge in [-0.3, -0.25) is 4.79 Å². The van der Waals surface area contributed by atoms with Gasteiger partial charge in [-0.05, 0) is 30.5 Å². The second kappa shape index (κ2) is 7.29. The highest BCUT2D eigenvalue weighted by atomic mass is 16.4. The molecule has 2 unspecified atom stereocenters.